The molecule has 0 saturated carbocycles. The minimum atomic E-state index is -3.58. The minimum Gasteiger partial charge on any atom is -0.456 e. The van der Waals surface area contributed by atoms with Crippen LogP contribution >= 0.6 is 0 Å². The van der Waals surface area contributed by atoms with E-state index in [0.717, 1.165) is 5.52 Å². The predicted molar refractivity (Wildman–Crippen MR) is 126 cm³/mol. The summed E-state index contributed by atoms with van der Waals surface area (Å²) in [6, 6.07) is 4.98. The van der Waals surface area contributed by atoms with Crippen molar-refractivity contribution >= 4 is 27.0 Å². The molecular formula is C23H33N5O5S. The first-order valence-corrected chi connectivity index (χ1v) is 13.1. The number of carbonyl (C=O) groups is 1. The topological polar surface area (TPSA) is 120 Å². The number of benzene rings is 1. The molecule has 0 unspecified atom stereocenters. The number of imidazole rings is 1. The summed E-state index contributed by atoms with van der Waals surface area (Å²) >= 11 is 0. The fourth-order valence-electron chi connectivity index (χ4n) is 3.80. The Balaban J connectivity index is 1.68. The normalized spacial score (nSPS) is 12.2. The maximum atomic E-state index is 12.9. The van der Waals surface area contributed by atoms with Crippen molar-refractivity contribution in [3.63, 3.8) is 0 Å². The van der Waals surface area contributed by atoms with Gasteiger partial charge in [0.05, 0.1) is 22.3 Å². The van der Waals surface area contributed by atoms with E-state index in [1.165, 1.54) is 4.31 Å². The van der Waals surface area contributed by atoms with Crippen LogP contribution in [0.1, 0.15) is 58.6 Å². The van der Waals surface area contributed by atoms with Crippen LogP contribution in [0.4, 0.5) is 0 Å². The van der Waals surface area contributed by atoms with Crippen molar-refractivity contribution in [3.05, 3.63) is 35.7 Å². The van der Waals surface area contributed by atoms with E-state index in [2.05, 4.69) is 29.0 Å². The number of hydrogen-bond donors (Lipinski definition) is 0. The van der Waals surface area contributed by atoms with Crippen LogP contribution in [0.3, 0.4) is 0 Å². The van der Waals surface area contributed by atoms with Gasteiger partial charge in [0.1, 0.15) is 5.82 Å². The zero-order valence-corrected chi connectivity index (χ0v) is 21.3. The summed E-state index contributed by atoms with van der Waals surface area (Å²) in [5.41, 5.74) is 1.41. The zero-order valence-electron chi connectivity index (χ0n) is 20.4. The molecule has 1 aromatic carbocycles. The van der Waals surface area contributed by atoms with E-state index in [1.54, 1.807) is 18.2 Å². The SMILES string of the molecule is CCN(CC)S(=O)(=O)c1ccc2c(c1)nc(CCC(=O)OCc1nc(CC(C)C)no1)n2CC. The molecule has 0 aliphatic heterocycles. The number of sulfonamides is 1. The van der Waals surface area contributed by atoms with Crippen LogP contribution in [-0.2, 0) is 45.5 Å². The molecule has 10 nitrogen and oxygen atoms in total. The first-order valence-electron chi connectivity index (χ1n) is 11.7. The minimum absolute atomic E-state index is 0.0688. The Kier molecular flexibility index (Phi) is 8.42. The van der Waals surface area contributed by atoms with Gasteiger partial charge in [-0.2, -0.15) is 9.29 Å². The fourth-order valence-corrected chi connectivity index (χ4v) is 5.28. The predicted octanol–water partition coefficient (Wildman–Crippen LogP) is 3.34. The van der Waals surface area contributed by atoms with Gasteiger partial charge in [-0.15, -0.1) is 0 Å². The summed E-state index contributed by atoms with van der Waals surface area (Å²) in [7, 11) is -3.58. The average Bonchev–Trinajstić information content (AvgIpc) is 3.39. The average molecular weight is 492 g/mol. The van der Waals surface area contributed by atoms with Crippen molar-refractivity contribution in [2.75, 3.05) is 13.1 Å². The molecule has 34 heavy (non-hydrogen) atoms. The molecular weight excluding hydrogens is 458 g/mol. The number of ether oxygens (including phenoxy) is 1. The molecule has 2 heterocycles. The van der Waals surface area contributed by atoms with Crippen molar-refractivity contribution in [2.24, 2.45) is 5.92 Å². The van der Waals surface area contributed by atoms with Crippen molar-refractivity contribution < 1.29 is 22.5 Å². The van der Waals surface area contributed by atoms with Gasteiger partial charge in [-0.05, 0) is 31.0 Å². The maximum absolute atomic E-state index is 12.9. The van der Waals surface area contributed by atoms with Crippen LogP contribution in [-0.4, -0.2) is 51.5 Å². The Labute approximate surface area is 200 Å². The van der Waals surface area contributed by atoms with E-state index in [9.17, 15) is 13.2 Å². The van der Waals surface area contributed by atoms with Crippen LogP contribution in [0.15, 0.2) is 27.6 Å². The van der Waals surface area contributed by atoms with E-state index in [-0.39, 0.29) is 23.8 Å². The molecule has 0 spiro atoms. The van der Waals surface area contributed by atoms with Gasteiger partial charge in [0, 0.05) is 32.5 Å². The Morgan fingerprint density at radius 1 is 1.18 bits per heavy atom. The van der Waals surface area contributed by atoms with Gasteiger partial charge in [-0.3, -0.25) is 4.79 Å². The highest BCUT2D eigenvalue weighted by Crippen LogP contribution is 2.23. The van der Waals surface area contributed by atoms with E-state index in [4.69, 9.17) is 9.26 Å². The van der Waals surface area contributed by atoms with Gasteiger partial charge in [-0.25, -0.2) is 13.4 Å². The summed E-state index contributed by atoms with van der Waals surface area (Å²) in [5, 5.41) is 3.88. The van der Waals surface area contributed by atoms with E-state index in [0.29, 0.717) is 55.6 Å². The van der Waals surface area contributed by atoms with Gasteiger partial charge in [0.15, 0.2) is 12.4 Å². The third kappa shape index (κ3) is 5.82. The summed E-state index contributed by atoms with van der Waals surface area (Å²) in [6.07, 6.45) is 1.19. The molecule has 3 aromatic rings. The highest BCUT2D eigenvalue weighted by molar-refractivity contribution is 7.89. The maximum Gasteiger partial charge on any atom is 0.306 e. The molecule has 2 aromatic heterocycles. The third-order valence-corrected chi connectivity index (χ3v) is 7.51. The number of rotatable bonds is 12. The van der Waals surface area contributed by atoms with Gasteiger partial charge in [0.25, 0.3) is 5.89 Å². The lowest BCUT2D eigenvalue weighted by Gasteiger charge is -2.18. The van der Waals surface area contributed by atoms with Crippen molar-refractivity contribution in [1.29, 1.82) is 0 Å². The van der Waals surface area contributed by atoms with Crippen LogP contribution in [0, 0.1) is 5.92 Å². The number of nitrogens with zero attached hydrogens (tertiary/aromatic N) is 5. The number of aromatic nitrogens is 4. The number of carbonyl (C=O) groups excluding carboxylic acids is 1. The van der Waals surface area contributed by atoms with E-state index >= 15 is 0 Å². The molecule has 0 atom stereocenters. The first kappa shape index (κ1) is 25.8. The largest absolute Gasteiger partial charge is 0.456 e. The second-order valence-corrected chi connectivity index (χ2v) is 10.3. The molecule has 0 amide bonds. The Morgan fingerprint density at radius 3 is 2.56 bits per heavy atom. The van der Waals surface area contributed by atoms with Crippen LogP contribution < -0.4 is 0 Å². The molecule has 0 aliphatic carbocycles. The lowest BCUT2D eigenvalue weighted by Crippen LogP contribution is -2.30. The van der Waals surface area contributed by atoms with Crippen molar-refractivity contribution in [2.45, 2.75) is 71.9 Å². The van der Waals surface area contributed by atoms with E-state index < -0.39 is 16.0 Å². The number of esters is 1. The summed E-state index contributed by atoms with van der Waals surface area (Å²) < 4.78 is 39.5. The van der Waals surface area contributed by atoms with Gasteiger partial charge < -0.3 is 13.8 Å². The highest BCUT2D eigenvalue weighted by Gasteiger charge is 2.23. The number of hydrogen-bond acceptors (Lipinski definition) is 8. The van der Waals surface area contributed by atoms with Gasteiger partial charge >= 0.3 is 5.97 Å². The first-order chi connectivity index (χ1) is 16.2. The Bertz CT molecular complexity index is 1230. The second-order valence-electron chi connectivity index (χ2n) is 8.38. The summed E-state index contributed by atoms with van der Waals surface area (Å²) in [6.45, 7) is 11.1. The fraction of sp³-hybridized carbons (Fsp3) is 0.565. The van der Waals surface area contributed by atoms with Crippen LogP contribution in [0.25, 0.3) is 11.0 Å². The Hall–Kier alpha value is -2.79. The number of fused-ring (bicyclic) bond motifs is 1. The molecule has 11 heteroatoms. The summed E-state index contributed by atoms with van der Waals surface area (Å²) in [4.78, 5) is 21.3. The molecule has 0 fully saturated rings. The molecule has 0 saturated heterocycles. The quantitative estimate of drug-likeness (QED) is 0.354. The van der Waals surface area contributed by atoms with Gasteiger partial charge in [-0.1, -0.05) is 32.9 Å². The molecule has 0 bridgehead atoms. The zero-order chi connectivity index (χ0) is 24.9. The molecule has 0 N–H and O–H groups in total. The summed E-state index contributed by atoms with van der Waals surface area (Å²) in [5.74, 6) is 1.57. The number of aryl methyl sites for hydroxylation is 2. The molecule has 0 radical (unpaired) electrons. The smallest absolute Gasteiger partial charge is 0.306 e. The van der Waals surface area contributed by atoms with Gasteiger partial charge in [0.2, 0.25) is 10.0 Å². The lowest BCUT2D eigenvalue weighted by atomic mass is 10.1. The molecule has 3 rings (SSSR count). The molecule has 0 aliphatic rings. The highest BCUT2D eigenvalue weighted by atomic mass is 32.2. The van der Waals surface area contributed by atoms with E-state index in [1.807, 2.05) is 25.3 Å². The molecule has 186 valence electrons. The van der Waals surface area contributed by atoms with Crippen LogP contribution in [0.2, 0.25) is 0 Å². The van der Waals surface area contributed by atoms with Crippen molar-refractivity contribution in [3.8, 4) is 0 Å². The monoisotopic (exact) mass is 491 g/mol. The van der Waals surface area contributed by atoms with Crippen LogP contribution in [0.5, 0.6) is 0 Å². The second kappa shape index (κ2) is 11.1. The van der Waals surface area contributed by atoms with Crippen molar-refractivity contribution in [1.82, 2.24) is 24.0 Å². The lowest BCUT2D eigenvalue weighted by molar-refractivity contribution is -0.145. The standard InChI is InChI=1S/C23H33N5O5S/c1-6-27(7-2)34(30,31)17-9-10-19-18(14-17)24-21(28(19)8-3)11-12-23(29)32-15-22-25-20(26-33-22)13-16(4)5/h9-10,14,16H,6-8,11-13,15H2,1-5H3. The Morgan fingerprint density at radius 2 is 1.91 bits per heavy atom. The third-order valence-electron chi connectivity index (χ3n) is 5.47.